The molecule has 0 radical (unpaired) electrons. The zero-order chi connectivity index (χ0) is 14.6. The fraction of sp³-hybridized carbons (Fsp3) is 0.812. The quantitative estimate of drug-likeness (QED) is 0.800. The molecular formula is C16H28N2OS. The molecule has 1 fully saturated rings. The van der Waals surface area contributed by atoms with Crippen molar-refractivity contribution >= 4 is 11.3 Å². The van der Waals surface area contributed by atoms with Gasteiger partial charge in [-0.3, -0.25) is 0 Å². The van der Waals surface area contributed by atoms with Gasteiger partial charge in [0.15, 0.2) is 0 Å². The summed E-state index contributed by atoms with van der Waals surface area (Å²) in [7, 11) is 0. The van der Waals surface area contributed by atoms with E-state index in [2.05, 4.69) is 33.0 Å². The molecule has 1 aromatic heterocycles. The molecule has 1 N–H and O–H groups in total. The first-order valence-corrected chi connectivity index (χ1v) is 8.66. The third kappa shape index (κ3) is 4.03. The lowest BCUT2D eigenvalue weighted by molar-refractivity contribution is 0.111. The molecule has 0 aromatic carbocycles. The molecule has 1 aliphatic rings. The molecule has 1 atom stereocenters. The van der Waals surface area contributed by atoms with Gasteiger partial charge in [-0.15, -0.1) is 11.3 Å². The number of thiazole rings is 1. The number of aromatic nitrogens is 1. The Bertz CT molecular complexity index is 417. The molecule has 1 aliphatic heterocycles. The highest BCUT2D eigenvalue weighted by molar-refractivity contribution is 7.11. The van der Waals surface area contributed by atoms with Crippen LogP contribution in [-0.4, -0.2) is 18.1 Å². The van der Waals surface area contributed by atoms with Crippen molar-refractivity contribution in [2.75, 3.05) is 13.2 Å². The van der Waals surface area contributed by atoms with Crippen LogP contribution in [0.2, 0.25) is 0 Å². The van der Waals surface area contributed by atoms with Gasteiger partial charge in [0.25, 0.3) is 0 Å². The fourth-order valence-corrected chi connectivity index (χ4v) is 3.82. The van der Waals surface area contributed by atoms with E-state index in [9.17, 15) is 0 Å². The first kappa shape index (κ1) is 15.9. The summed E-state index contributed by atoms with van der Waals surface area (Å²) >= 11 is 1.84. The van der Waals surface area contributed by atoms with E-state index in [1.54, 1.807) is 0 Å². The van der Waals surface area contributed by atoms with E-state index in [0.717, 1.165) is 26.1 Å². The van der Waals surface area contributed by atoms with E-state index in [0.29, 0.717) is 0 Å². The molecule has 0 saturated carbocycles. The van der Waals surface area contributed by atoms with Crippen molar-refractivity contribution < 1.29 is 4.74 Å². The largest absolute Gasteiger partial charge is 0.371 e. The zero-order valence-electron chi connectivity index (χ0n) is 13.3. The molecular weight excluding hydrogens is 268 g/mol. The molecule has 3 nitrogen and oxygen atoms in total. The molecule has 1 saturated heterocycles. The van der Waals surface area contributed by atoms with E-state index < -0.39 is 0 Å². The van der Waals surface area contributed by atoms with Crippen LogP contribution in [0.1, 0.15) is 75.1 Å². The normalized spacial score (nSPS) is 19.7. The number of unbranched alkanes of at least 4 members (excludes halogenated alkanes) is 1. The second kappa shape index (κ2) is 7.01. The van der Waals surface area contributed by atoms with Crippen LogP contribution in [0.25, 0.3) is 0 Å². The summed E-state index contributed by atoms with van der Waals surface area (Å²) < 4.78 is 5.79. The van der Waals surface area contributed by atoms with Crippen molar-refractivity contribution in [2.24, 2.45) is 0 Å². The molecule has 20 heavy (non-hydrogen) atoms. The lowest BCUT2D eigenvalue weighted by atomic mass is 9.91. The van der Waals surface area contributed by atoms with E-state index in [-0.39, 0.29) is 11.5 Å². The first-order chi connectivity index (χ1) is 9.52. The molecule has 0 bridgehead atoms. The van der Waals surface area contributed by atoms with Gasteiger partial charge in [0, 0.05) is 23.4 Å². The Labute approximate surface area is 127 Å². The fourth-order valence-electron chi connectivity index (χ4n) is 2.49. The average Bonchev–Trinajstić information content (AvgIpc) is 3.02. The Hall–Kier alpha value is -0.450. The minimum atomic E-state index is 0.106. The SMILES string of the molecule is CCCCNCc1sc(C2CCCO2)nc1C(C)(C)C. The van der Waals surface area contributed by atoms with Crippen molar-refractivity contribution in [1.82, 2.24) is 10.3 Å². The first-order valence-electron chi connectivity index (χ1n) is 7.84. The third-order valence-corrected chi connectivity index (χ3v) is 4.77. The Kier molecular flexibility index (Phi) is 5.58. The van der Waals surface area contributed by atoms with E-state index >= 15 is 0 Å². The van der Waals surface area contributed by atoms with Gasteiger partial charge >= 0.3 is 0 Å². The second-order valence-corrected chi connectivity index (χ2v) is 7.72. The summed E-state index contributed by atoms with van der Waals surface area (Å²) in [4.78, 5) is 6.30. The summed E-state index contributed by atoms with van der Waals surface area (Å²) in [6.07, 6.45) is 5.01. The number of hydrogen-bond donors (Lipinski definition) is 1. The highest BCUT2D eigenvalue weighted by Crippen LogP contribution is 2.36. The maximum Gasteiger partial charge on any atom is 0.122 e. The molecule has 2 heterocycles. The van der Waals surface area contributed by atoms with Gasteiger partial charge in [0.2, 0.25) is 0 Å². The van der Waals surface area contributed by atoms with Crippen molar-refractivity contribution in [2.45, 2.75) is 71.4 Å². The summed E-state index contributed by atoms with van der Waals surface area (Å²) in [5.74, 6) is 0. The molecule has 4 heteroatoms. The number of nitrogens with one attached hydrogen (secondary N) is 1. The summed E-state index contributed by atoms with van der Waals surface area (Å²) in [5, 5.41) is 4.73. The van der Waals surface area contributed by atoms with Crippen molar-refractivity contribution in [3.63, 3.8) is 0 Å². The predicted octanol–water partition coefficient (Wildman–Crippen LogP) is 4.18. The number of rotatable bonds is 6. The van der Waals surface area contributed by atoms with Crippen LogP contribution in [0, 0.1) is 0 Å². The van der Waals surface area contributed by atoms with E-state index in [1.165, 1.54) is 34.8 Å². The zero-order valence-corrected chi connectivity index (χ0v) is 14.1. The maximum atomic E-state index is 5.79. The number of hydrogen-bond acceptors (Lipinski definition) is 4. The van der Waals surface area contributed by atoms with Crippen molar-refractivity contribution in [3.8, 4) is 0 Å². The lowest BCUT2D eigenvalue weighted by Crippen LogP contribution is -2.19. The Morgan fingerprint density at radius 1 is 1.40 bits per heavy atom. The highest BCUT2D eigenvalue weighted by atomic mass is 32.1. The number of nitrogens with zero attached hydrogens (tertiary/aromatic N) is 1. The van der Waals surface area contributed by atoms with Gasteiger partial charge in [-0.25, -0.2) is 4.98 Å². The van der Waals surface area contributed by atoms with Crippen LogP contribution in [0.4, 0.5) is 0 Å². The highest BCUT2D eigenvalue weighted by Gasteiger charge is 2.27. The lowest BCUT2D eigenvalue weighted by Gasteiger charge is -2.18. The van der Waals surface area contributed by atoms with Crippen LogP contribution in [0.15, 0.2) is 0 Å². The predicted molar refractivity (Wildman–Crippen MR) is 85.4 cm³/mol. The van der Waals surface area contributed by atoms with Crippen LogP contribution < -0.4 is 5.32 Å². The van der Waals surface area contributed by atoms with Crippen LogP contribution >= 0.6 is 11.3 Å². The van der Waals surface area contributed by atoms with Gasteiger partial charge in [0.05, 0.1) is 5.69 Å². The third-order valence-electron chi connectivity index (χ3n) is 3.62. The average molecular weight is 296 g/mol. The van der Waals surface area contributed by atoms with Crippen LogP contribution in [0.5, 0.6) is 0 Å². The summed E-state index contributed by atoms with van der Waals surface area (Å²) in [6, 6.07) is 0. The molecule has 1 unspecified atom stereocenters. The molecule has 1 aromatic rings. The summed E-state index contributed by atoms with van der Waals surface area (Å²) in [5.41, 5.74) is 1.35. The minimum Gasteiger partial charge on any atom is -0.371 e. The molecule has 0 aliphatic carbocycles. The minimum absolute atomic E-state index is 0.106. The molecule has 0 spiro atoms. The monoisotopic (exact) mass is 296 g/mol. The molecule has 114 valence electrons. The van der Waals surface area contributed by atoms with Gasteiger partial charge in [-0.05, 0) is 25.8 Å². The van der Waals surface area contributed by atoms with Crippen LogP contribution in [0.3, 0.4) is 0 Å². The van der Waals surface area contributed by atoms with E-state index in [4.69, 9.17) is 9.72 Å². The molecule has 2 rings (SSSR count). The van der Waals surface area contributed by atoms with Crippen LogP contribution in [-0.2, 0) is 16.7 Å². The topological polar surface area (TPSA) is 34.1 Å². The van der Waals surface area contributed by atoms with E-state index in [1.807, 2.05) is 11.3 Å². The van der Waals surface area contributed by atoms with Crippen molar-refractivity contribution in [3.05, 3.63) is 15.6 Å². The summed E-state index contributed by atoms with van der Waals surface area (Å²) in [6.45, 7) is 11.9. The second-order valence-electron chi connectivity index (χ2n) is 6.61. The number of ether oxygens (including phenoxy) is 1. The standard InChI is InChI=1S/C16H28N2OS/c1-5-6-9-17-11-13-14(16(2,3)4)18-15(20-13)12-8-7-10-19-12/h12,17H,5-11H2,1-4H3. The Morgan fingerprint density at radius 3 is 2.80 bits per heavy atom. The maximum absolute atomic E-state index is 5.79. The van der Waals surface area contributed by atoms with Gasteiger partial charge in [-0.1, -0.05) is 34.1 Å². The molecule has 0 amide bonds. The Morgan fingerprint density at radius 2 is 2.20 bits per heavy atom. The van der Waals surface area contributed by atoms with Gasteiger partial charge in [-0.2, -0.15) is 0 Å². The van der Waals surface area contributed by atoms with Crippen molar-refractivity contribution in [1.29, 1.82) is 0 Å². The van der Waals surface area contributed by atoms with Gasteiger partial charge < -0.3 is 10.1 Å². The smallest absolute Gasteiger partial charge is 0.122 e. The Balaban J connectivity index is 2.10. The van der Waals surface area contributed by atoms with Gasteiger partial charge in [0.1, 0.15) is 11.1 Å².